The minimum Gasteiger partial charge on any atom is -0.465 e. The van der Waals surface area contributed by atoms with Crippen LogP contribution in [-0.2, 0) is 14.3 Å². The van der Waals surface area contributed by atoms with Gasteiger partial charge in [-0.3, -0.25) is 14.5 Å². The number of piperidine rings is 1. The smallest absolute Gasteiger partial charge is 0.306 e. The molecular formula is C28H41FN4O3. The highest BCUT2D eigenvalue weighted by Crippen LogP contribution is 2.32. The molecule has 3 aliphatic rings. The number of piperazine rings is 1. The van der Waals surface area contributed by atoms with Gasteiger partial charge in [-0.25, -0.2) is 4.39 Å². The third-order valence-corrected chi connectivity index (χ3v) is 7.66. The van der Waals surface area contributed by atoms with E-state index in [1.807, 2.05) is 12.1 Å². The lowest BCUT2D eigenvalue weighted by molar-refractivity contribution is -0.146. The van der Waals surface area contributed by atoms with Gasteiger partial charge < -0.3 is 20.3 Å². The predicted octanol–water partition coefficient (Wildman–Crippen LogP) is 4.30. The van der Waals surface area contributed by atoms with Gasteiger partial charge in [0.2, 0.25) is 5.91 Å². The van der Waals surface area contributed by atoms with Crippen LogP contribution in [0.3, 0.4) is 0 Å². The average molecular weight is 501 g/mol. The van der Waals surface area contributed by atoms with Crippen LogP contribution in [0.15, 0.2) is 30.5 Å². The van der Waals surface area contributed by atoms with Gasteiger partial charge in [-0.1, -0.05) is 20.4 Å². The lowest BCUT2D eigenvalue weighted by atomic mass is 9.83. The first kappa shape index (κ1) is 26.5. The van der Waals surface area contributed by atoms with Crippen molar-refractivity contribution >= 4 is 23.3 Å². The first-order valence-electron chi connectivity index (χ1n) is 13.5. The summed E-state index contributed by atoms with van der Waals surface area (Å²) in [4.78, 5) is 28.8. The van der Waals surface area contributed by atoms with E-state index in [9.17, 15) is 14.0 Å². The van der Waals surface area contributed by atoms with Crippen LogP contribution in [0, 0.1) is 17.7 Å². The number of carbonyl (C=O) groups is 2. The number of nitrogens with one attached hydrogen (secondary N) is 2. The van der Waals surface area contributed by atoms with Gasteiger partial charge in [0.25, 0.3) is 0 Å². The van der Waals surface area contributed by atoms with E-state index in [1.165, 1.54) is 6.07 Å². The van der Waals surface area contributed by atoms with Crippen LogP contribution in [0.5, 0.6) is 0 Å². The van der Waals surface area contributed by atoms with Crippen molar-refractivity contribution in [2.45, 2.75) is 70.9 Å². The molecule has 198 valence electrons. The molecule has 4 rings (SSSR count). The normalized spacial score (nSPS) is 25.6. The lowest BCUT2D eigenvalue weighted by Crippen LogP contribution is -2.51. The monoisotopic (exact) mass is 500 g/mol. The van der Waals surface area contributed by atoms with Crippen molar-refractivity contribution in [1.82, 2.24) is 10.2 Å². The summed E-state index contributed by atoms with van der Waals surface area (Å²) < 4.78 is 20.4. The molecule has 0 bridgehead atoms. The van der Waals surface area contributed by atoms with Crippen molar-refractivity contribution in [3.63, 3.8) is 0 Å². The summed E-state index contributed by atoms with van der Waals surface area (Å²) in [6.45, 7) is 11.8. The van der Waals surface area contributed by atoms with Crippen LogP contribution in [0.4, 0.5) is 15.8 Å². The fourth-order valence-electron chi connectivity index (χ4n) is 5.56. The van der Waals surface area contributed by atoms with Crippen LogP contribution in [0.25, 0.3) is 0 Å². The average Bonchev–Trinajstić information content (AvgIpc) is 2.85. The molecule has 1 aromatic rings. The maximum atomic E-state index is 15.0. The fourth-order valence-corrected chi connectivity index (χ4v) is 5.56. The summed E-state index contributed by atoms with van der Waals surface area (Å²) in [7, 11) is 0. The van der Waals surface area contributed by atoms with Crippen LogP contribution in [-0.4, -0.2) is 61.6 Å². The third kappa shape index (κ3) is 6.99. The number of anilines is 2. The predicted molar refractivity (Wildman–Crippen MR) is 140 cm³/mol. The third-order valence-electron chi connectivity index (χ3n) is 7.66. The molecule has 3 fully saturated rings. The number of hydrogen-bond acceptors (Lipinski definition) is 6. The molecule has 7 nitrogen and oxygen atoms in total. The number of hydrogen-bond donors (Lipinski definition) is 2. The molecule has 0 radical (unpaired) electrons. The Morgan fingerprint density at radius 2 is 1.89 bits per heavy atom. The standard InChI is InChI=1S/C28H41FN4O3/c1-19(2)18-36-27(34)16-21-5-8-23(9-6-21)32-12-14-33(15-13-32)26-11-7-22(17-24(26)29)31-25-10-4-20(3)30-28(25)35/h7,11,17,19,21,23,25,31H,3-6,8-10,12-16,18H2,1-2H3,(H,30,35). The minimum absolute atomic E-state index is 0.0584. The lowest BCUT2D eigenvalue weighted by Gasteiger charge is -2.42. The van der Waals surface area contributed by atoms with E-state index in [-0.39, 0.29) is 23.7 Å². The summed E-state index contributed by atoms with van der Waals surface area (Å²) >= 11 is 0. The van der Waals surface area contributed by atoms with Gasteiger partial charge in [-0.2, -0.15) is 0 Å². The van der Waals surface area contributed by atoms with Crippen molar-refractivity contribution < 1.29 is 18.7 Å². The number of halogens is 1. The molecule has 1 amide bonds. The van der Waals surface area contributed by atoms with Crippen molar-refractivity contribution in [2.75, 3.05) is 43.0 Å². The molecule has 0 aromatic heterocycles. The molecule has 8 heteroatoms. The van der Waals surface area contributed by atoms with E-state index in [4.69, 9.17) is 4.74 Å². The van der Waals surface area contributed by atoms with Gasteiger partial charge in [-0.05, 0) is 68.6 Å². The Kier molecular flexibility index (Phi) is 8.88. The molecule has 2 heterocycles. The zero-order chi connectivity index (χ0) is 25.7. The number of esters is 1. The molecule has 1 aliphatic carbocycles. The molecule has 0 spiro atoms. The number of nitrogens with zero attached hydrogens (tertiary/aromatic N) is 2. The van der Waals surface area contributed by atoms with Crippen molar-refractivity contribution in [3.05, 3.63) is 36.3 Å². The van der Waals surface area contributed by atoms with Crippen LogP contribution >= 0.6 is 0 Å². The van der Waals surface area contributed by atoms with E-state index in [0.29, 0.717) is 48.7 Å². The molecule has 1 atom stereocenters. The topological polar surface area (TPSA) is 73.9 Å². The molecule has 1 aromatic carbocycles. The number of rotatable bonds is 8. The van der Waals surface area contributed by atoms with Crippen LogP contribution < -0.4 is 15.5 Å². The van der Waals surface area contributed by atoms with E-state index >= 15 is 0 Å². The van der Waals surface area contributed by atoms with Gasteiger partial charge >= 0.3 is 5.97 Å². The Bertz CT molecular complexity index is 937. The van der Waals surface area contributed by atoms with Crippen molar-refractivity contribution in [1.29, 1.82) is 0 Å². The number of allylic oxidation sites excluding steroid dienone is 1. The maximum Gasteiger partial charge on any atom is 0.306 e. The highest BCUT2D eigenvalue weighted by molar-refractivity contribution is 5.87. The largest absolute Gasteiger partial charge is 0.465 e. The second-order valence-corrected chi connectivity index (χ2v) is 11.0. The molecule has 36 heavy (non-hydrogen) atoms. The molecule has 2 N–H and O–H groups in total. The van der Waals surface area contributed by atoms with Gasteiger partial charge in [0.15, 0.2) is 0 Å². The highest BCUT2D eigenvalue weighted by Gasteiger charge is 2.30. The van der Waals surface area contributed by atoms with E-state index in [0.717, 1.165) is 64.0 Å². The molecule has 1 unspecified atom stereocenters. The molecular weight excluding hydrogens is 459 g/mol. The van der Waals surface area contributed by atoms with Gasteiger partial charge in [-0.15, -0.1) is 0 Å². The number of amides is 1. The first-order chi connectivity index (χ1) is 17.3. The molecule has 1 saturated carbocycles. The summed E-state index contributed by atoms with van der Waals surface area (Å²) in [5.41, 5.74) is 1.96. The Hall–Kier alpha value is -2.61. The Balaban J connectivity index is 1.21. The zero-order valence-electron chi connectivity index (χ0n) is 21.7. The zero-order valence-corrected chi connectivity index (χ0v) is 21.7. The Morgan fingerprint density at radius 3 is 2.53 bits per heavy atom. The summed E-state index contributed by atoms with van der Waals surface area (Å²) in [5.74, 6) is 0.363. The van der Waals surface area contributed by atoms with Gasteiger partial charge in [0.05, 0.1) is 12.3 Å². The SMILES string of the molecule is C=C1CCC(Nc2ccc(N3CCN(C4CCC(CC(=O)OCC(C)C)CC4)CC3)c(F)c2)C(=O)N1. The fraction of sp³-hybridized carbons (Fsp3) is 0.643. The first-order valence-corrected chi connectivity index (χ1v) is 13.5. The van der Waals surface area contributed by atoms with Crippen LogP contribution in [0.2, 0.25) is 0 Å². The Morgan fingerprint density at radius 1 is 1.17 bits per heavy atom. The van der Waals surface area contributed by atoms with Gasteiger partial charge in [0, 0.05) is 50.0 Å². The quantitative estimate of drug-likeness (QED) is 0.519. The van der Waals surface area contributed by atoms with E-state index in [1.54, 1.807) is 0 Å². The van der Waals surface area contributed by atoms with Crippen molar-refractivity contribution in [2.24, 2.45) is 11.8 Å². The van der Waals surface area contributed by atoms with E-state index in [2.05, 4.69) is 40.9 Å². The minimum atomic E-state index is -0.370. The highest BCUT2D eigenvalue weighted by atomic mass is 19.1. The van der Waals surface area contributed by atoms with Gasteiger partial charge in [0.1, 0.15) is 11.9 Å². The van der Waals surface area contributed by atoms with Crippen LogP contribution in [0.1, 0.15) is 58.8 Å². The summed E-state index contributed by atoms with van der Waals surface area (Å²) in [6.07, 6.45) is 6.27. The molecule has 2 saturated heterocycles. The number of benzene rings is 1. The second-order valence-electron chi connectivity index (χ2n) is 11.0. The van der Waals surface area contributed by atoms with Crippen molar-refractivity contribution in [3.8, 4) is 0 Å². The maximum absolute atomic E-state index is 15.0. The Labute approximate surface area is 214 Å². The summed E-state index contributed by atoms with van der Waals surface area (Å²) in [6, 6.07) is 5.34. The summed E-state index contributed by atoms with van der Waals surface area (Å²) in [5, 5.41) is 5.90. The number of ether oxygens (including phenoxy) is 1. The number of carbonyl (C=O) groups excluding carboxylic acids is 2. The second kappa shape index (κ2) is 12.1. The van der Waals surface area contributed by atoms with E-state index < -0.39 is 0 Å². The molecule has 2 aliphatic heterocycles.